The molecule has 0 fully saturated rings. The summed E-state index contributed by atoms with van der Waals surface area (Å²) in [4.78, 5) is 12.6. The molecule has 2 rings (SSSR count). The van der Waals surface area contributed by atoms with Crippen LogP contribution < -0.4 is 0 Å². The fourth-order valence-electron chi connectivity index (χ4n) is 1.22. The molecule has 0 aliphatic carbocycles. The maximum absolute atomic E-state index is 12.0. The third-order valence-corrected chi connectivity index (χ3v) is 4.05. The smallest absolute Gasteiger partial charge is 0.204 e. The van der Waals surface area contributed by atoms with E-state index in [-0.39, 0.29) is 5.78 Å². The topological polar surface area (TPSA) is 17.1 Å². The molecule has 0 N–H and O–H groups in total. The van der Waals surface area contributed by atoms with E-state index in [1.165, 1.54) is 11.3 Å². The van der Waals surface area contributed by atoms with Crippen LogP contribution in [0.2, 0.25) is 4.34 Å². The van der Waals surface area contributed by atoms with Gasteiger partial charge < -0.3 is 0 Å². The summed E-state index contributed by atoms with van der Waals surface area (Å²) in [5.41, 5.74) is 0.678. The van der Waals surface area contributed by atoms with E-state index in [1.54, 1.807) is 18.2 Å². The number of thiophene rings is 1. The Morgan fingerprint density at radius 3 is 2.47 bits per heavy atom. The molecule has 0 aliphatic rings. The van der Waals surface area contributed by atoms with Crippen LogP contribution in [0.4, 0.5) is 0 Å². The zero-order valence-electron chi connectivity index (χ0n) is 7.54. The van der Waals surface area contributed by atoms with Crippen molar-refractivity contribution in [3.63, 3.8) is 0 Å². The molecule has 1 nitrogen and oxygen atoms in total. The summed E-state index contributed by atoms with van der Waals surface area (Å²) in [6, 6.07) is 10.9. The zero-order valence-corrected chi connectivity index (χ0v) is 10.7. The van der Waals surface area contributed by atoms with E-state index in [4.69, 9.17) is 11.6 Å². The molecule has 15 heavy (non-hydrogen) atoms. The van der Waals surface area contributed by atoms with Crippen LogP contribution in [-0.4, -0.2) is 5.78 Å². The largest absolute Gasteiger partial charge is 0.288 e. The number of carbonyl (C=O) groups excluding carboxylic acids is 1. The molecular formula is C11H6BrClOS. The molecule has 1 aromatic carbocycles. The number of rotatable bonds is 2. The lowest BCUT2D eigenvalue weighted by atomic mass is 10.1. The molecule has 0 saturated carbocycles. The SMILES string of the molecule is O=C(c1ccccc1)c1sc(Cl)cc1Br. The fourth-order valence-corrected chi connectivity index (χ4v) is 3.23. The van der Waals surface area contributed by atoms with Crippen molar-refractivity contribution < 1.29 is 4.79 Å². The molecule has 0 aliphatic heterocycles. The van der Waals surface area contributed by atoms with Gasteiger partial charge in [0, 0.05) is 10.0 Å². The minimum atomic E-state index is -0.000579. The van der Waals surface area contributed by atoms with Gasteiger partial charge in [-0.15, -0.1) is 11.3 Å². The van der Waals surface area contributed by atoms with Gasteiger partial charge in [-0.2, -0.15) is 0 Å². The maximum atomic E-state index is 12.0. The van der Waals surface area contributed by atoms with Gasteiger partial charge in [0.15, 0.2) is 0 Å². The number of hydrogen-bond acceptors (Lipinski definition) is 2. The Bertz CT molecular complexity index is 493. The van der Waals surface area contributed by atoms with Gasteiger partial charge in [-0.1, -0.05) is 41.9 Å². The molecule has 0 atom stereocenters. The predicted octanol–water partition coefficient (Wildman–Crippen LogP) is 4.40. The van der Waals surface area contributed by atoms with Crippen molar-refractivity contribution >= 4 is 44.7 Å². The molecule has 0 spiro atoms. The Balaban J connectivity index is 2.41. The summed E-state index contributed by atoms with van der Waals surface area (Å²) in [7, 11) is 0. The van der Waals surface area contributed by atoms with Gasteiger partial charge in [0.1, 0.15) is 0 Å². The second kappa shape index (κ2) is 4.47. The second-order valence-corrected chi connectivity index (χ2v) is 5.46. The lowest BCUT2D eigenvalue weighted by Gasteiger charge is -1.97. The van der Waals surface area contributed by atoms with Crippen LogP contribution in [0, 0.1) is 0 Å². The number of halogens is 2. The Morgan fingerprint density at radius 2 is 1.93 bits per heavy atom. The average Bonchev–Trinajstić information content (AvgIpc) is 2.58. The Morgan fingerprint density at radius 1 is 1.27 bits per heavy atom. The van der Waals surface area contributed by atoms with E-state index in [1.807, 2.05) is 18.2 Å². The highest BCUT2D eigenvalue weighted by molar-refractivity contribution is 9.10. The van der Waals surface area contributed by atoms with Gasteiger partial charge >= 0.3 is 0 Å². The van der Waals surface area contributed by atoms with Gasteiger partial charge in [0.05, 0.1) is 9.21 Å². The van der Waals surface area contributed by atoms with Gasteiger partial charge in [-0.3, -0.25) is 4.79 Å². The van der Waals surface area contributed by atoms with E-state index in [9.17, 15) is 4.79 Å². The number of ketones is 1. The lowest BCUT2D eigenvalue weighted by molar-refractivity contribution is 0.104. The molecule has 0 radical (unpaired) electrons. The normalized spacial score (nSPS) is 10.3. The van der Waals surface area contributed by atoms with Gasteiger partial charge in [-0.05, 0) is 22.0 Å². The van der Waals surface area contributed by atoms with Crippen LogP contribution in [0.1, 0.15) is 15.2 Å². The summed E-state index contributed by atoms with van der Waals surface area (Å²) in [5, 5.41) is 0. The summed E-state index contributed by atoms with van der Waals surface area (Å²) in [5.74, 6) is -0.000579. The van der Waals surface area contributed by atoms with Gasteiger partial charge in [0.2, 0.25) is 5.78 Å². The quantitative estimate of drug-likeness (QED) is 0.752. The molecule has 0 bridgehead atoms. The summed E-state index contributed by atoms with van der Waals surface area (Å²) < 4.78 is 1.37. The molecule has 4 heteroatoms. The Kier molecular flexibility index (Phi) is 3.24. The first-order chi connectivity index (χ1) is 7.18. The van der Waals surface area contributed by atoms with E-state index in [0.717, 1.165) is 4.47 Å². The van der Waals surface area contributed by atoms with Crippen LogP contribution >= 0.6 is 38.9 Å². The highest BCUT2D eigenvalue weighted by Gasteiger charge is 2.15. The van der Waals surface area contributed by atoms with Crippen LogP contribution in [0.5, 0.6) is 0 Å². The van der Waals surface area contributed by atoms with Crippen molar-refractivity contribution in [1.82, 2.24) is 0 Å². The highest BCUT2D eigenvalue weighted by atomic mass is 79.9. The molecule has 0 amide bonds. The number of carbonyl (C=O) groups is 1. The average molecular weight is 302 g/mol. The predicted molar refractivity (Wildman–Crippen MR) is 66.9 cm³/mol. The van der Waals surface area contributed by atoms with E-state index in [0.29, 0.717) is 14.8 Å². The Labute approximate surface area is 105 Å². The van der Waals surface area contributed by atoms with Gasteiger partial charge in [-0.25, -0.2) is 0 Å². The van der Waals surface area contributed by atoms with Gasteiger partial charge in [0.25, 0.3) is 0 Å². The minimum Gasteiger partial charge on any atom is -0.288 e. The van der Waals surface area contributed by atoms with Crippen LogP contribution in [0.25, 0.3) is 0 Å². The molecule has 2 aromatic rings. The summed E-state index contributed by atoms with van der Waals surface area (Å²) >= 11 is 10.4. The van der Waals surface area contributed by atoms with Crippen LogP contribution in [-0.2, 0) is 0 Å². The number of hydrogen-bond donors (Lipinski definition) is 0. The molecular weight excluding hydrogens is 296 g/mol. The highest BCUT2D eigenvalue weighted by Crippen LogP contribution is 2.32. The first-order valence-electron chi connectivity index (χ1n) is 4.23. The van der Waals surface area contributed by atoms with Crippen molar-refractivity contribution in [2.75, 3.05) is 0 Å². The summed E-state index contributed by atoms with van der Waals surface area (Å²) in [6.45, 7) is 0. The first-order valence-corrected chi connectivity index (χ1v) is 6.22. The molecule has 0 unspecified atom stereocenters. The molecule has 1 aromatic heterocycles. The van der Waals surface area contributed by atoms with Crippen molar-refractivity contribution in [2.24, 2.45) is 0 Å². The third kappa shape index (κ3) is 2.30. The first kappa shape index (κ1) is 10.9. The van der Waals surface area contributed by atoms with Crippen LogP contribution in [0.15, 0.2) is 40.9 Å². The van der Waals surface area contributed by atoms with E-state index >= 15 is 0 Å². The maximum Gasteiger partial charge on any atom is 0.204 e. The minimum absolute atomic E-state index is 0.000579. The molecule has 0 saturated heterocycles. The van der Waals surface area contributed by atoms with Crippen molar-refractivity contribution in [3.8, 4) is 0 Å². The monoisotopic (exact) mass is 300 g/mol. The molecule has 1 heterocycles. The number of benzene rings is 1. The Hall–Kier alpha value is -0.640. The van der Waals surface area contributed by atoms with Crippen LogP contribution in [0.3, 0.4) is 0 Å². The standard InChI is InChI=1S/C11H6BrClOS/c12-8-6-9(13)15-11(8)10(14)7-4-2-1-3-5-7/h1-6H. The third-order valence-electron chi connectivity index (χ3n) is 1.90. The lowest BCUT2D eigenvalue weighted by Crippen LogP contribution is -1.98. The zero-order chi connectivity index (χ0) is 10.8. The fraction of sp³-hybridized carbons (Fsp3) is 0. The van der Waals surface area contributed by atoms with E-state index in [2.05, 4.69) is 15.9 Å². The second-order valence-electron chi connectivity index (χ2n) is 2.92. The molecule has 76 valence electrons. The van der Waals surface area contributed by atoms with Crippen molar-refractivity contribution in [3.05, 3.63) is 55.6 Å². The summed E-state index contributed by atoms with van der Waals surface area (Å²) in [6.07, 6.45) is 0. The van der Waals surface area contributed by atoms with E-state index < -0.39 is 0 Å². The van der Waals surface area contributed by atoms with Crippen molar-refractivity contribution in [1.29, 1.82) is 0 Å². The van der Waals surface area contributed by atoms with Crippen molar-refractivity contribution in [2.45, 2.75) is 0 Å².